The van der Waals surface area contributed by atoms with Crippen molar-refractivity contribution in [2.75, 3.05) is 77.9 Å². The quantitative estimate of drug-likeness (QED) is 0.203. The highest BCUT2D eigenvalue weighted by molar-refractivity contribution is 5.91. The van der Waals surface area contributed by atoms with Gasteiger partial charge in [0.15, 0.2) is 6.10 Å². The van der Waals surface area contributed by atoms with Crippen LogP contribution in [0, 0.1) is 13.8 Å². The van der Waals surface area contributed by atoms with Gasteiger partial charge in [0.1, 0.15) is 5.75 Å². The smallest absolute Gasteiger partial charge is 0.507 e. The van der Waals surface area contributed by atoms with Gasteiger partial charge in [-0.2, -0.15) is 0 Å². The minimum absolute atomic E-state index is 0.0206. The summed E-state index contributed by atoms with van der Waals surface area (Å²) in [7, 11) is 1.18. The number of aromatic hydroxyl groups is 1. The number of phenols is 1. The summed E-state index contributed by atoms with van der Waals surface area (Å²) >= 11 is 0. The van der Waals surface area contributed by atoms with Gasteiger partial charge in [-0.3, -0.25) is 19.4 Å². The maximum Gasteiger partial charge on any atom is 0.511 e. The topological polar surface area (TPSA) is 171 Å². The normalized spacial score (nSPS) is 19.8. The number of amides is 4. The van der Waals surface area contributed by atoms with E-state index in [1.54, 1.807) is 23.6 Å². The molecule has 2 aromatic rings. The van der Waals surface area contributed by atoms with Crippen molar-refractivity contribution in [3.05, 3.63) is 58.7 Å². The number of ether oxygens (including phenoxy) is 4. The number of carbonyl (C=O) groups is 5. The highest BCUT2D eigenvalue weighted by Crippen LogP contribution is 2.28. The number of rotatable bonds is 10. The van der Waals surface area contributed by atoms with E-state index in [1.165, 1.54) is 14.0 Å². The third-order valence-electron chi connectivity index (χ3n) is 11.6. The molecule has 0 spiro atoms. The number of nitrogens with one attached hydrogen (secondary N) is 1. The molecule has 2 aromatic carbocycles. The molecule has 3 saturated heterocycles. The van der Waals surface area contributed by atoms with E-state index in [2.05, 4.69) is 15.0 Å². The minimum Gasteiger partial charge on any atom is -0.507 e. The molecule has 4 aliphatic rings. The maximum absolute atomic E-state index is 14.2. The lowest BCUT2D eigenvalue weighted by Crippen LogP contribution is -2.55. The number of carbonyl (C=O) groups excluding carboxylic acids is 5. The number of piperazine rings is 1. The summed E-state index contributed by atoms with van der Waals surface area (Å²) in [4.78, 5) is 74.4. The molecular weight excluding hydrogens is 736 g/mol. The second-order valence-electron chi connectivity index (χ2n) is 15.4. The van der Waals surface area contributed by atoms with Crippen molar-refractivity contribution < 1.29 is 48.0 Å². The van der Waals surface area contributed by atoms with Gasteiger partial charge in [0, 0.05) is 90.0 Å². The van der Waals surface area contributed by atoms with Crippen molar-refractivity contribution in [2.24, 2.45) is 0 Å². The highest BCUT2D eigenvalue weighted by Gasteiger charge is 2.37. The minimum atomic E-state index is -1.05. The molecule has 4 amide bonds. The lowest BCUT2D eigenvalue weighted by Gasteiger charge is -2.43. The van der Waals surface area contributed by atoms with E-state index in [-0.39, 0.29) is 42.7 Å². The number of likely N-dealkylation sites (tertiary alicyclic amines) is 2. The number of methoxy groups -OCH3 is 1. The van der Waals surface area contributed by atoms with Crippen LogP contribution < -0.4 is 5.32 Å². The Bertz CT molecular complexity index is 1740. The van der Waals surface area contributed by atoms with Crippen LogP contribution in [-0.2, 0) is 41.4 Å². The molecule has 1 unspecified atom stereocenters. The van der Waals surface area contributed by atoms with E-state index in [9.17, 15) is 29.1 Å². The number of urea groups is 1. The van der Waals surface area contributed by atoms with Gasteiger partial charge in [-0.15, -0.1) is 0 Å². The average molecular weight is 793 g/mol. The number of fused-ring (bicyclic) bond motifs is 1. The van der Waals surface area contributed by atoms with Crippen molar-refractivity contribution in [2.45, 2.75) is 83.8 Å². The Morgan fingerprint density at radius 3 is 2.12 bits per heavy atom. The second-order valence-corrected chi connectivity index (χ2v) is 15.4. The van der Waals surface area contributed by atoms with Crippen LogP contribution in [0.3, 0.4) is 0 Å². The molecule has 16 nitrogen and oxygen atoms in total. The Morgan fingerprint density at radius 2 is 1.46 bits per heavy atom. The van der Waals surface area contributed by atoms with Gasteiger partial charge >= 0.3 is 24.2 Å². The summed E-state index contributed by atoms with van der Waals surface area (Å²) < 4.78 is 20.5. The zero-order valence-electron chi connectivity index (χ0n) is 33.4. The molecule has 4 heterocycles. The number of nitrogens with zero attached hydrogens (tertiary/aromatic N) is 5. The number of anilines is 1. The zero-order chi connectivity index (χ0) is 40.6. The second kappa shape index (κ2) is 18.9. The number of phenolic OH excluding ortho intramolecular Hbond substituents is 1. The molecule has 0 aliphatic carbocycles. The summed E-state index contributed by atoms with van der Waals surface area (Å²) in [5.41, 5.74) is 4.10. The molecule has 0 aromatic heterocycles. The van der Waals surface area contributed by atoms with Crippen molar-refractivity contribution >= 4 is 35.8 Å². The number of esters is 1. The molecule has 2 atom stereocenters. The lowest BCUT2D eigenvalue weighted by molar-refractivity contribution is -0.169. The van der Waals surface area contributed by atoms with Crippen LogP contribution in [0.4, 0.5) is 20.1 Å². The maximum atomic E-state index is 14.2. The SMILES string of the molecule is COC(=O)OC(C)OC(=O)CN1CCN(C2CCN(C(=O)[C@@H](Cc3cc(C)c(O)c(C)c3)OC(=O)N3CCC(N4CCc5ccccc5NC4=O)CC3)CC2)CC1. The molecule has 0 bridgehead atoms. The zero-order valence-corrected chi connectivity index (χ0v) is 33.4. The van der Waals surface area contributed by atoms with Crippen molar-refractivity contribution in [1.29, 1.82) is 0 Å². The van der Waals surface area contributed by atoms with E-state index >= 15 is 0 Å². The van der Waals surface area contributed by atoms with Crippen LogP contribution in [0.15, 0.2) is 36.4 Å². The monoisotopic (exact) mass is 792 g/mol. The molecule has 310 valence electrons. The van der Waals surface area contributed by atoms with E-state index in [1.807, 2.05) is 46.2 Å². The third kappa shape index (κ3) is 10.7. The first-order valence-corrected chi connectivity index (χ1v) is 20.0. The van der Waals surface area contributed by atoms with Gasteiger partial charge in [0.2, 0.25) is 6.29 Å². The van der Waals surface area contributed by atoms with Crippen molar-refractivity contribution in [3.8, 4) is 5.75 Å². The average Bonchev–Trinajstić information content (AvgIpc) is 3.37. The fourth-order valence-electron chi connectivity index (χ4n) is 8.41. The fourth-order valence-corrected chi connectivity index (χ4v) is 8.41. The largest absolute Gasteiger partial charge is 0.511 e. The van der Waals surface area contributed by atoms with E-state index in [0.717, 1.165) is 49.2 Å². The molecule has 2 N–H and O–H groups in total. The number of piperidine rings is 2. The van der Waals surface area contributed by atoms with Crippen LogP contribution in [0.25, 0.3) is 0 Å². The van der Waals surface area contributed by atoms with Crippen LogP contribution in [0.1, 0.15) is 54.9 Å². The molecule has 4 aliphatic heterocycles. The van der Waals surface area contributed by atoms with E-state index < -0.39 is 30.6 Å². The summed E-state index contributed by atoms with van der Waals surface area (Å²) in [5, 5.41) is 13.4. The van der Waals surface area contributed by atoms with Crippen molar-refractivity contribution in [3.63, 3.8) is 0 Å². The van der Waals surface area contributed by atoms with E-state index in [4.69, 9.17) is 14.2 Å². The predicted molar refractivity (Wildman–Crippen MR) is 209 cm³/mol. The molecule has 0 saturated carbocycles. The summed E-state index contributed by atoms with van der Waals surface area (Å²) in [6.45, 7) is 10.4. The first-order chi connectivity index (χ1) is 27.4. The molecule has 6 rings (SSSR count). The Labute approximate surface area is 333 Å². The molecule has 57 heavy (non-hydrogen) atoms. The van der Waals surface area contributed by atoms with Gasteiger partial charge in [-0.25, -0.2) is 14.4 Å². The lowest BCUT2D eigenvalue weighted by atomic mass is 9.98. The molecular formula is C41H56N6O10. The summed E-state index contributed by atoms with van der Waals surface area (Å²) in [6.07, 6.45) is 0.0905. The predicted octanol–water partition coefficient (Wildman–Crippen LogP) is 3.89. The van der Waals surface area contributed by atoms with Crippen LogP contribution >= 0.6 is 0 Å². The van der Waals surface area contributed by atoms with Gasteiger partial charge in [-0.05, 0) is 74.3 Å². The Kier molecular flexibility index (Phi) is 13.8. The first-order valence-electron chi connectivity index (χ1n) is 20.0. The molecule has 16 heteroatoms. The van der Waals surface area contributed by atoms with E-state index in [0.29, 0.717) is 69.8 Å². The number of aryl methyl sites for hydroxylation is 2. The standard InChI is InChI=1S/C41H56N6O10/c1-27-23-30(24-28(2)37(27)49)25-35(57-40(52)46-16-12-33(13-17-46)47-18-9-31-7-5-6-8-34(31)42-39(47)51)38(50)45-14-10-32(11-15-45)44-21-19-43(20-22-44)26-36(48)55-29(3)56-41(53)54-4/h5-8,23-24,29,32-33,35,49H,9-22,25-26H2,1-4H3,(H,42,51)/t29?,35-/m1/s1. The Hall–Kier alpha value is -5.09. The number of benzene rings is 2. The first kappa shape index (κ1) is 41.5. The Morgan fingerprint density at radius 1 is 0.825 bits per heavy atom. The third-order valence-corrected chi connectivity index (χ3v) is 11.6. The summed E-state index contributed by atoms with van der Waals surface area (Å²) in [5.74, 6) is -0.529. The highest BCUT2D eigenvalue weighted by atomic mass is 16.8. The molecule has 0 radical (unpaired) electrons. The molecule has 3 fully saturated rings. The number of hydrogen-bond donors (Lipinski definition) is 2. The van der Waals surface area contributed by atoms with Crippen LogP contribution in [0.5, 0.6) is 5.75 Å². The van der Waals surface area contributed by atoms with Gasteiger partial charge in [-0.1, -0.05) is 30.3 Å². The van der Waals surface area contributed by atoms with Crippen LogP contribution in [-0.4, -0.2) is 157 Å². The van der Waals surface area contributed by atoms with Crippen molar-refractivity contribution in [1.82, 2.24) is 24.5 Å². The van der Waals surface area contributed by atoms with Gasteiger partial charge in [0.25, 0.3) is 5.91 Å². The van der Waals surface area contributed by atoms with Crippen LogP contribution in [0.2, 0.25) is 0 Å². The fraction of sp³-hybridized carbons (Fsp3) is 0.585. The van der Waals surface area contributed by atoms with Gasteiger partial charge in [0.05, 0.1) is 13.7 Å². The van der Waals surface area contributed by atoms with Gasteiger partial charge < -0.3 is 44.1 Å². The Balaban J connectivity index is 1.01. The number of para-hydroxylation sites is 1. The summed E-state index contributed by atoms with van der Waals surface area (Å²) in [6, 6.07) is 11.6. The number of hydrogen-bond acceptors (Lipinski definition) is 12.